The van der Waals surface area contributed by atoms with E-state index in [0.717, 1.165) is 0 Å². The first kappa shape index (κ1) is 17.3. The fourth-order valence-electron chi connectivity index (χ4n) is 2.20. The molecular formula is C19H18O5. The molecule has 0 aromatic heterocycles. The number of ketones is 1. The van der Waals surface area contributed by atoms with Gasteiger partial charge >= 0.3 is 5.97 Å². The third-order valence-electron chi connectivity index (χ3n) is 3.48. The van der Waals surface area contributed by atoms with E-state index in [2.05, 4.69) is 0 Å². The lowest BCUT2D eigenvalue weighted by molar-refractivity contribution is -0.135. The van der Waals surface area contributed by atoms with Crippen molar-refractivity contribution in [3.05, 3.63) is 65.7 Å². The fourth-order valence-corrected chi connectivity index (χ4v) is 2.20. The predicted molar refractivity (Wildman–Crippen MR) is 90.5 cm³/mol. The third-order valence-corrected chi connectivity index (χ3v) is 3.48. The highest BCUT2D eigenvalue weighted by atomic mass is 16.5. The van der Waals surface area contributed by atoms with E-state index >= 15 is 0 Å². The Morgan fingerprint density at radius 1 is 0.875 bits per heavy atom. The highest BCUT2D eigenvalue weighted by molar-refractivity contribution is 6.29. The van der Waals surface area contributed by atoms with E-state index in [4.69, 9.17) is 14.6 Å². The van der Waals surface area contributed by atoms with Crippen molar-refractivity contribution in [2.75, 3.05) is 14.2 Å². The smallest absolute Gasteiger partial charge is 0.307 e. The number of allylic oxidation sites excluding steroid dienone is 1. The summed E-state index contributed by atoms with van der Waals surface area (Å²) >= 11 is 0. The number of hydrogen-bond donors (Lipinski definition) is 1. The largest absolute Gasteiger partial charge is 0.497 e. The molecule has 0 atom stereocenters. The van der Waals surface area contributed by atoms with Crippen LogP contribution in [0.4, 0.5) is 0 Å². The molecule has 0 saturated carbocycles. The van der Waals surface area contributed by atoms with Crippen molar-refractivity contribution in [1.29, 1.82) is 0 Å². The van der Waals surface area contributed by atoms with Crippen LogP contribution in [0.25, 0.3) is 5.57 Å². The molecule has 5 nitrogen and oxygen atoms in total. The fraction of sp³-hybridized carbons (Fsp3) is 0.158. The van der Waals surface area contributed by atoms with E-state index in [1.807, 2.05) is 0 Å². The molecule has 0 radical (unpaired) electrons. The normalized spacial score (nSPS) is 11.0. The molecule has 0 aliphatic heterocycles. The molecule has 2 aromatic carbocycles. The summed E-state index contributed by atoms with van der Waals surface area (Å²) < 4.78 is 10.2. The highest BCUT2D eigenvalue weighted by Gasteiger charge is 2.15. The molecular weight excluding hydrogens is 308 g/mol. The molecule has 2 aromatic rings. The maximum absolute atomic E-state index is 12.8. The number of rotatable bonds is 7. The summed E-state index contributed by atoms with van der Waals surface area (Å²) in [6.07, 6.45) is 1.19. The van der Waals surface area contributed by atoms with Gasteiger partial charge in [-0.05, 0) is 42.0 Å². The summed E-state index contributed by atoms with van der Waals surface area (Å²) in [4.78, 5) is 23.7. The Morgan fingerprint density at radius 2 is 1.33 bits per heavy atom. The Kier molecular flexibility index (Phi) is 5.73. The molecule has 0 unspecified atom stereocenters. The van der Waals surface area contributed by atoms with Crippen LogP contribution in [0, 0.1) is 0 Å². The van der Waals surface area contributed by atoms with Gasteiger partial charge in [0.2, 0.25) is 0 Å². The minimum atomic E-state index is -0.997. The molecule has 0 fully saturated rings. The second kappa shape index (κ2) is 7.97. The lowest BCUT2D eigenvalue weighted by atomic mass is 9.95. The molecule has 24 heavy (non-hydrogen) atoms. The predicted octanol–water partition coefficient (Wildman–Crippen LogP) is 3.44. The zero-order valence-corrected chi connectivity index (χ0v) is 13.5. The van der Waals surface area contributed by atoms with Crippen LogP contribution in [0.15, 0.2) is 54.6 Å². The van der Waals surface area contributed by atoms with Gasteiger partial charge < -0.3 is 14.6 Å². The van der Waals surface area contributed by atoms with E-state index in [1.54, 1.807) is 62.8 Å². The molecule has 0 aliphatic carbocycles. The first-order valence-corrected chi connectivity index (χ1v) is 7.30. The van der Waals surface area contributed by atoms with E-state index in [9.17, 15) is 9.59 Å². The topological polar surface area (TPSA) is 72.8 Å². The Bertz CT molecular complexity index is 742. The number of carboxylic acid groups (broad SMARTS) is 1. The third kappa shape index (κ3) is 4.23. The minimum absolute atomic E-state index is 0.233. The molecule has 0 saturated heterocycles. The lowest BCUT2D eigenvalue weighted by Crippen LogP contribution is -2.04. The van der Waals surface area contributed by atoms with Gasteiger partial charge in [-0.1, -0.05) is 18.2 Å². The Labute approximate surface area is 140 Å². The number of aliphatic carboxylic acids is 1. The van der Waals surface area contributed by atoms with Crippen LogP contribution in [0.3, 0.4) is 0 Å². The number of Topliss-reactive ketones (excluding diaryl/α,β-unsaturated/α-hetero) is 1. The molecule has 124 valence electrons. The maximum Gasteiger partial charge on any atom is 0.307 e. The molecule has 0 heterocycles. The summed E-state index contributed by atoms with van der Waals surface area (Å²) in [6.45, 7) is 0. The average Bonchev–Trinajstić information content (AvgIpc) is 2.62. The SMILES string of the molecule is COc1ccc(C(=O)/C(=C/CC(=O)O)c2ccc(OC)cc2)cc1. The van der Waals surface area contributed by atoms with Gasteiger partial charge in [0.25, 0.3) is 0 Å². The second-order valence-electron chi connectivity index (χ2n) is 5.00. The number of ether oxygens (including phenoxy) is 2. The van der Waals surface area contributed by atoms with Gasteiger partial charge in [-0.15, -0.1) is 0 Å². The van der Waals surface area contributed by atoms with Crippen LogP contribution in [0.1, 0.15) is 22.3 Å². The van der Waals surface area contributed by atoms with E-state index in [0.29, 0.717) is 28.2 Å². The van der Waals surface area contributed by atoms with Crippen molar-refractivity contribution >= 4 is 17.3 Å². The first-order chi connectivity index (χ1) is 11.5. The monoisotopic (exact) mass is 326 g/mol. The Hall–Kier alpha value is -3.08. The molecule has 2 rings (SSSR count). The molecule has 0 spiro atoms. The quantitative estimate of drug-likeness (QED) is 0.623. The van der Waals surface area contributed by atoms with Crippen LogP contribution in [0.2, 0.25) is 0 Å². The number of carbonyl (C=O) groups excluding carboxylic acids is 1. The molecule has 0 amide bonds. The van der Waals surface area contributed by atoms with Crippen molar-refractivity contribution in [1.82, 2.24) is 0 Å². The highest BCUT2D eigenvalue weighted by Crippen LogP contribution is 2.24. The van der Waals surface area contributed by atoms with E-state index in [1.165, 1.54) is 6.08 Å². The molecule has 0 bridgehead atoms. The number of carbonyl (C=O) groups is 2. The summed E-state index contributed by atoms with van der Waals surface area (Å²) in [7, 11) is 3.10. The van der Waals surface area contributed by atoms with Gasteiger partial charge in [-0.3, -0.25) is 9.59 Å². The summed E-state index contributed by atoms with van der Waals surface area (Å²) in [6, 6.07) is 13.6. The van der Waals surface area contributed by atoms with Gasteiger partial charge in [0.15, 0.2) is 5.78 Å². The van der Waals surface area contributed by atoms with Crippen LogP contribution in [0.5, 0.6) is 11.5 Å². The van der Waals surface area contributed by atoms with Crippen molar-refractivity contribution in [3.8, 4) is 11.5 Å². The number of hydrogen-bond acceptors (Lipinski definition) is 4. The zero-order valence-electron chi connectivity index (χ0n) is 13.5. The van der Waals surface area contributed by atoms with Gasteiger partial charge in [0, 0.05) is 11.1 Å². The van der Waals surface area contributed by atoms with Crippen molar-refractivity contribution in [3.63, 3.8) is 0 Å². The minimum Gasteiger partial charge on any atom is -0.497 e. The van der Waals surface area contributed by atoms with Gasteiger partial charge in [-0.2, -0.15) is 0 Å². The summed E-state index contributed by atoms with van der Waals surface area (Å²) in [5.41, 5.74) is 1.44. The lowest BCUT2D eigenvalue weighted by Gasteiger charge is -2.09. The molecule has 5 heteroatoms. The number of methoxy groups -OCH3 is 2. The zero-order chi connectivity index (χ0) is 17.5. The average molecular weight is 326 g/mol. The van der Waals surface area contributed by atoms with Crippen molar-refractivity contribution in [2.45, 2.75) is 6.42 Å². The van der Waals surface area contributed by atoms with Crippen molar-refractivity contribution in [2.24, 2.45) is 0 Å². The first-order valence-electron chi connectivity index (χ1n) is 7.30. The Balaban J connectivity index is 2.38. The molecule has 1 N–H and O–H groups in total. The Morgan fingerprint density at radius 3 is 1.75 bits per heavy atom. The standard InChI is InChI=1S/C19H18O5/c1-23-15-7-3-13(4-8-15)17(11-12-18(20)21)19(22)14-5-9-16(24-2)10-6-14/h3-11H,12H2,1-2H3,(H,20,21)/b17-11+. The second-order valence-corrected chi connectivity index (χ2v) is 5.00. The van der Waals surface area contributed by atoms with Gasteiger partial charge in [-0.25, -0.2) is 0 Å². The summed E-state index contributed by atoms with van der Waals surface area (Å²) in [5, 5.41) is 8.92. The van der Waals surface area contributed by atoms with E-state index < -0.39 is 5.97 Å². The van der Waals surface area contributed by atoms with Crippen LogP contribution in [-0.2, 0) is 4.79 Å². The van der Waals surface area contributed by atoms with Crippen LogP contribution in [-0.4, -0.2) is 31.1 Å². The number of benzene rings is 2. The van der Waals surface area contributed by atoms with Crippen LogP contribution >= 0.6 is 0 Å². The molecule has 0 aliphatic rings. The van der Waals surface area contributed by atoms with E-state index in [-0.39, 0.29) is 12.2 Å². The number of carboxylic acids is 1. The van der Waals surface area contributed by atoms with Crippen molar-refractivity contribution < 1.29 is 24.2 Å². The van der Waals surface area contributed by atoms with Gasteiger partial charge in [0.1, 0.15) is 11.5 Å². The van der Waals surface area contributed by atoms with Crippen LogP contribution < -0.4 is 9.47 Å². The summed E-state index contributed by atoms with van der Waals surface area (Å²) in [5.74, 6) is 0.0629. The van der Waals surface area contributed by atoms with Gasteiger partial charge in [0.05, 0.1) is 20.6 Å². The maximum atomic E-state index is 12.8.